The van der Waals surface area contributed by atoms with Crippen molar-refractivity contribution in [2.24, 2.45) is 7.05 Å². The van der Waals surface area contributed by atoms with Crippen LogP contribution in [0.3, 0.4) is 0 Å². The van der Waals surface area contributed by atoms with E-state index in [1.165, 1.54) is 25.6 Å². The van der Waals surface area contributed by atoms with Crippen molar-refractivity contribution in [2.75, 3.05) is 20.3 Å². The number of amides is 1. The van der Waals surface area contributed by atoms with Gasteiger partial charge in [0.2, 0.25) is 0 Å². The first-order valence-electron chi connectivity index (χ1n) is 10.3. The highest BCUT2D eigenvalue weighted by molar-refractivity contribution is 5.95. The van der Waals surface area contributed by atoms with Crippen molar-refractivity contribution in [3.8, 4) is 0 Å². The summed E-state index contributed by atoms with van der Waals surface area (Å²) in [5.41, 5.74) is -4.11. The number of aromatic nitrogens is 2. The van der Waals surface area contributed by atoms with E-state index in [0.717, 1.165) is 4.90 Å². The van der Waals surface area contributed by atoms with Gasteiger partial charge in [-0.1, -0.05) is 12.1 Å². The summed E-state index contributed by atoms with van der Waals surface area (Å²) in [5.74, 6) is -1.00. The molecule has 35 heavy (non-hydrogen) atoms. The summed E-state index contributed by atoms with van der Waals surface area (Å²) < 4.78 is 86.0. The van der Waals surface area contributed by atoms with Crippen LogP contribution >= 0.6 is 0 Å². The number of hydrogen-bond donors (Lipinski definition) is 0. The maximum Gasteiger partial charge on any atom is 0.416 e. The third-order valence-electron chi connectivity index (χ3n) is 5.49. The Morgan fingerprint density at radius 1 is 1.06 bits per heavy atom. The van der Waals surface area contributed by atoms with Gasteiger partial charge in [-0.3, -0.25) is 14.2 Å². The topological polar surface area (TPSA) is 64.4 Å². The summed E-state index contributed by atoms with van der Waals surface area (Å²) in [6.45, 7) is 1.22. The first-order chi connectivity index (χ1) is 16.3. The van der Waals surface area contributed by atoms with Crippen LogP contribution in [0.2, 0.25) is 0 Å². The third kappa shape index (κ3) is 5.47. The number of carbonyl (C=O) groups is 1. The summed E-state index contributed by atoms with van der Waals surface area (Å²) in [7, 11) is 2.74. The zero-order valence-electron chi connectivity index (χ0n) is 18.9. The number of para-hydroxylation sites is 1. The first-order valence-corrected chi connectivity index (χ1v) is 10.3. The van der Waals surface area contributed by atoms with Gasteiger partial charge in [0.05, 0.1) is 34.7 Å². The molecule has 0 bridgehead atoms. The van der Waals surface area contributed by atoms with E-state index in [2.05, 4.69) is 4.98 Å². The van der Waals surface area contributed by atoms with Gasteiger partial charge in [0.25, 0.3) is 11.5 Å². The van der Waals surface area contributed by atoms with Crippen molar-refractivity contribution < 1.29 is 35.9 Å². The molecule has 0 radical (unpaired) electrons. The zero-order chi connectivity index (χ0) is 26.1. The fourth-order valence-electron chi connectivity index (χ4n) is 3.65. The lowest BCUT2D eigenvalue weighted by Crippen LogP contribution is -2.39. The molecule has 6 nitrogen and oxygen atoms in total. The summed E-state index contributed by atoms with van der Waals surface area (Å²) in [6.07, 6.45) is -10.2. The van der Waals surface area contributed by atoms with Gasteiger partial charge in [-0.25, -0.2) is 4.98 Å². The molecule has 1 unspecified atom stereocenters. The summed E-state index contributed by atoms with van der Waals surface area (Å²) in [5, 5.41) is 0.313. The average Bonchev–Trinajstić information content (AvgIpc) is 2.80. The van der Waals surface area contributed by atoms with Crippen LogP contribution < -0.4 is 5.56 Å². The minimum atomic E-state index is -5.11. The van der Waals surface area contributed by atoms with Crippen molar-refractivity contribution in [1.82, 2.24) is 14.5 Å². The smallest absolute Gasteiger partial charge is 0.383 e. The summed E-state index contributed by atoms with van der Waals surface area (Å²) >= 11 is 0. The van der Waals surface area contributed by atoms with Crippen LogP contribution in [-0.4, -0.2) is 40.6 Å². The Morgan fingerprint density at radius 2 is 1.63 bits per heavy atom. The van der Waals surface area contributed by atoms with Crippen LogP contribution in [0.5, 0.6) is 0 Å². The first kappa shape index (κ1) is 26.2. The number of hydrogen-bond acceptors (Lipinski definition) is 4. The van der Waals surface area contributed by atoms with Crippen LogP contribution in [0.25, 0.3) is 10.9 Å². The molecule has 188 valence electrons. The standard InChI is InChI=1S/C23H21F6N3O3/c1-13(19-30-18-7-5-4-6-17(18)21(34)31(19)2)32(8-9-35-3)20(33)14-10-15(22(24,25)26)12-16(11-14)23(27,28)29/h4-7,10-13H,8-9H2,1-3H3. The Kier molecular flexibility index (Phi) is 7.25. The molecule has 0 spiro atoms. The lowest BCUT2D eigenvalue weighted by molar-refractivity contribution is -0.143. The SMILES string of the molecule is COCCN(C(=O)c1cc(C(F)(F)F)cc(C(F)(F)F)c1)C(C)c1nc2ccccc2c(=O)n1C. The Bertz CT molecular complexity index is 1270. The molecule has 0 fully saturated rings. The highest BCUT2D eigenvalue weighted by Gasteiger charge is 2.38. The van der Waals surface area contributed by atoms with Crippen LogP contribution in [-0.2, 0) is 24.1 Å². The quantitative estimate of drug-likeness (QED) is 0.455. The lowest BCUT2D eigenvalue weighted by Gasteiger charge is -2.30. The Labute approximate surface area is 195 Å². The molecule has 1 atom stereocenters. The predicted molar refractivity (Wildman–Crippen MR) is 115 cm³/mol. The van der Waals surface area contributed by atoms with E-state index in [4.69, 9.17) is 4.74 Å². The summed E-state index contributed by atoms with van der Waals surface area (Å²) in [4.78, 5) is 31.5. The fourth-order valence-corrected chi connectivity index (χ4v) is 3.65. The molecule has 1 amide bonds. The maximum absolute atomic E-state index is 13.3. The third-order valence-corrected chi connectivity index (χ3v) is 5.49. The number of fused-ring (bicyclic) bond motifs is 1. The van der Waals surface area contributed by atoms with E-state index in [1.807, 2.05) is 0 Å². The number of benzene rings is 2. The lowest BCUT2D eigenvalue weighted by atomic mass is 10.0. The molecular weight excluding hydrogens is 480 g/mol. The monoisotopic (exact) mass is 501 g/mol. The van der Waals surface area contributed by atoms with Gasteiger partial charge >= 0.3 is 12.4 Å². The average molecular weight is 501 g/mol. The van der Waals surface area contributed by atoms with Crippen LogP contribution in [0.4, 0.5) is 26.3 Å². The molecule has 3 aromatic rings. The van der Waals surface area contributed by atoms with Gasteiger partial charge < -0.3 is 9.64 Å². The second-order valence-electron chi connectivity index (χ2n) is 7.81. The van der Waals surface area contributed by atoms with Gasteiger partial charge in [-0.05, 0) is 37.3 Å². The van der Waals surface area contributed by atoms with E-state index in [-0.39, 0.29) is 25.0 Å². The van der Waals surface area contributed by atoms with Crippen molar-refractivity contribution >= 4 is 16.8 Å². The Morgan fingerprint density at radius 3 is 2.17 bits per heavy atom. The Balaban J connectivity index is 2.14. The molecule has 0 aliphatic heterocycles. The molecule has 1 aromatic heterocycles. The number of rotatable bonds is 6. The van der Waals surface area contributed by atoms with Crippen molar-refractivity contribution in [3.05, 3.63) is 75.3 Å². The predicted octanol–water partition coefficient (Wildman–Crippen LogP) is 4.82. The number of nitrogens with zero attached hydrogens (tertiary/aromatic N) is 3. The number of alkyl halides is 6. The number of carbonyl (C=O) groups excluding carboxylic acids is 1. The Hall–Kier alpha value is -3.41. The molecule has 0 N–H and O–H groups in total. The maximum atomic E-state index is 13.3. The highest BCUT2D eigenvalue weighted by Crippen LogP contribution is 2.37. The van der Waals surface area contributed by atoms with E-state index in [1.54, 1.807) is 24.3 Å². The van der Waals surface area contributed by atoms with Crippen molar-refractivity contribution in [2.45, 2.75) is 25.3 Å². The minimum absolute atomic E-state index is 0.0473. The minimum Gasteiger partial charge on any atom is -0.383 e. The molecule has 1 heterocycles. The molecule has 3 rings (SSSR count). The molecule has 2 aromatic carbocycles. The van der Waals surface area contributed by atoms with Gasteiger partial charge in [-0.2, -0.15) is 26.3 Å². The van der Waals surface area contributed by atoms with E-state index in [0.29, 0.717) is 23.0 Å². The van der Waals surface area contributed by atoms with E-state index < -0.39 is 46.6 Å². The zero-order valence-corrected chi connectivity index (χ0v) is 18.9. The van der Waals surface area contributed by atoms with Gasteiger partial charge in [0.15, 0.2) is 0 Å². The second-order valence-corrected chi connectivity index (χ2v) is 7.81. The van der Waals surface area contributed by atoms with E-state index in [9.17, 15) is 35.9 Å². The number of methoxy groups -OCH3 is 1. The number of halogens is 6. The van der Waals surface area contributed by atoms with Crippen molar-refractivity contribution in [3.63, 3.8) is 0 Å². The van der Waals surface area contributed by atoms with Gasteiger partial charge in [0, 0.05) is 26.3 Å². The molecule has 0 saturated heterocycles. The number of ether oxygens (including phenoxy) is 1. The summed E-state index contributed by atoms with van der Waals surface area (Å²) in [6, 6.07) is 6.14. The fraction of sp³-hybridized carbons (Fsp3) is 0.348. The molecule has 0 saturated carbocycles. The molecule has 0 aliphatic carbocycles. The normalized spacial score (nSPS) is 13.2. The van der Waals surface area contributed by atoms with Crippen LogP contribution in [0.1, 0.15) is 40.3 Å². The molecule has 0 aliphatic rings. The second kappa shape index (κ2) is 9.68. The van der Waals surface area contributed by atoms with Crippen LogP contribution in [0.15, 0.2) is 47.3 Å². The van der Waals surface area contributed by atoms with Crippen LogP contribution in [0, 0.1) is 0 Å². The van der Waals surface area contributed by atoms with Gasteiger partial charge in [-0.15, -0.1) is 0 Å². The van der Waals surface area contributed by atoms with E-state index >= 15 is 0 Å². The molecule has 12 heteroatoms. The largest absolute Gasteiger partial charge is 0.416 e. The molecular formula is C23H21F6N3O3. The van der Waals surface area contributed by atoms with Crippen molar-refractivity contribution in [1.29, 1.82) is 0 Å². The van der Waals surface area contributed by atoms with Gasteiger partial charge in [0.1, 0.15) is 5.82 Å². The highest BCUT2D eigenvalue weighted by atomic mass is 19.4.